The number of hydrogen-bond acceptors (Lipinski definition) is 12. The van der Waals surface area contributed by atoms with E-state index in [2.05, 4.69) is 79.4 Å². The van der Waals surface area contributed by atoms with Crippen molar-refractivity contribution in [2.24, 2.45) is 0 Å². The number of pyridine rings is 3. The molecule has 3 aromatic heterocycles. The van der Waals surface area contributed by atoms with Crippen LogP contribution in [-0.2, 0) is 19.8 Å². The summed E-state index contributed by atoms with van der Waals surface area (Å²) < 4.78 is 50.4. The number of carbonyl (C=O) groups excluding carboxylic acids is 1. The number of nitrogens with zero attached hydrogens (tertiary/aromatic N) is 6. The molecule has 0 radical (unpaired) electrons. The largest absolute Gasteiger partial charge is 0.475 e. The molecule has 0 aliphatic carbocycles. The standard InChI is InChI=1S/C17H19FN2O.C15H15ClN2.C13H22NO3P.C6H4ClNO.C2H5FO/c1-20(2)16-8-5-14(6-9-16)3-4-15-7-10-17(19-13-15)21-12-11-18;1-18(2)14-8-5-12(6-9-14)3-4-13-7-10-15(16)17-11-13;1-5-16-18(15,17-6-2)11-12-7-9-13(10-8-12)14(3)4;7-6-2-1-5(4-9)3-8-6;3-1-2-4/h3-10,13H,11-12H2,1-2H3;3-11H,1-2H3;7-10H,5-6,11H2,1-4H3;1-4H;4H,1-2H2/b2*4-3+;;;. The van der Waals surface area contributed by atoms with E-state index in [1.165, 1.54) is 17.6 Å². The molecule has 17 heteroatoms. The molecule has 0 fully saturated rings. The smallest absolute Gasteiger partial charge is 0.335 e. The fourth-order valence-corrected chi connectivity index (χ4v) is 7.38. The molecule has 12 nitrogen and oxygen atoms in total. The fourth-order valence-electron chi connectivity index (χ4n) is 5.46. The van der Waals surface area contributed by atoms with Crippen LogP contribution in [-0.4, -0.2) is 108 Å². The van der Waals surface area contributed by atoms with Gasteiger partial charge in [-0.25, -0.2) is 23.7 Å². The van der Waals surface area contributed by atoms with Gasteiger partial charge in [-0.3, -0.25) is 9.36 Å². The van der Waals surface area contributed by atoms with Gasteiger partial charge in [-0.05, 0) is 102 Å². The second kappa shape index (κ2) is 34.3. The quantitative estimate of drug-likeness (QED) is 0.0500. The summed E-state index contributed by atoms with van der Waals surface area (Å²) in [6, 6.07) is 35.1. The zero-order chi connectivity index (χ0) is 51.7. The van der Waals surface area contributed by atoms with Crippen molar-refractivity contribution < 1.29 is 37.0 Å². The van der Waals surface area contributed by atoms with E-state index >= 15 is 0 Å². The van der Waals surface area contributed by atoms with E-state index in [1.807, 2.05) is 116 Å². The van der Waals surface area contributed by atoms with Crippen molar-refractivity contribution in [2.45, 2.75) is 20.0 Å². The van der Waals surface area contributed by atoms with Crippen molar-refractivity contribution in [1.82, 2.24) is 15.0 Å². The maximum Gasteiger partial charge on any atom is 0.335 e. The normalized spacial score (nSPS) is 10.6. The Hall–Kier alpha value is -5.99. The molecule has 1 N–H and O–H groups in total. The van der Waals surface area contributed by atoms with E-state index in [4.69, 9.17) is 42.1 Å². The molecule has 0 unspecified atom stereocenters. The first-order chi connectivity index (χ1) is 33.6. The lowest BCUT2D eigenvalue weighted by atomic mass is 10.1. The highest BCUT2D eigenvalue weighted by Crippen LogP contribution is 2.51. The van der Waals surface area contributed by atoms with Crippen LogP contribution in [0.2, 0.25) is 10.3 Å². The SMILES string of the molecule is CCOP(=O)(Cc1ccc(N(C)C)cc1)OCC.CN(C)c1ccc(/C=C/c2ccc(Cl)nc2)cc1.CN(C)c1ccc(/C=C/c2ccc(OCCF)nc2)cc1.O=Cc1ccc(Cl)nc1.OCCF. The second-order valence-corrected chi connectivity index (χ2v) is 18.0. The summed E-state index contributed by atoms with van der Waals surface area (Å²) in [6.07, 6.45) is 14.0. The predicted octanol–water partition coefficient (Wildman–Crippen LogP) is 12.7. The highest BCUT2D eigenvalue weighted by atomic mass is 35.5. The molecule has 0 aliphatic heterocycles. The van der Waals surface area contributed by atoms with Gasteiger partial charge in [0.15, 0.2) is 6.29 Å². The first kappa shape index (κ1) is 60.1. The number of alkyl halides is 2. The van der Waals surface area contributed by atoms with E-state index in [1.54, 1.807) is 36.7 Å². The van der Waals surface area contributed by atoms with E-state index in [9.17, 15) is 18.1 Å². The van der Waals surface area contributed by atoms with Crippen molar-refractivity contribution in [2.75, 3.05) is 96.8 Å². The average molecular weight is 1020 g/mol. The maximum absolute atomic E-state index is 12.3. The molecule has 376 valence electrons. The molecule has 0 spiro atoms. The third kappa shape index (κ3) is 25.0. The van der Waals surface area contributed by atoms with Crippen molar-refractivity contribution in [1.29, 1.82) is 0 Å². The summed E-state index contributed by atoms with van der Waals surface area (Å²) in [5.41, 5.74) is 9.28. The number of aliphatic hydroxyl groups excluding tert-OH is 1. The minimum atomic E-state index is -2.99. The van der Waals surface area contributed by atoms with Crippen molar-refractivity contribution in [3.63, 3.8) is 0 Å². The van der Waals surface area contributed by atoms with Gasteiger partial charge in [0.2, 0.25) is 5.88 Å². The number of hydrogen-bond donors (Lipinski definition) is 1. The molecule has 70 heavy (non-hydrogen) atoms. The maximum atomic E-state index is 12.3. The second-order valence-electron chi connectivity index (χ2n) is 15.1. The van der Waals surface area contributed by atoms with Crippen LogP contribution in [0.15, 0.2) is 128 Å². The molecule has 3 heterocycles. The van der Waals surface area contributed by atoms with Crippen LogP contribution in [0.5, 0.6) is 5.88 Å². The van der Waals surface area contributed by atoms with Crippen molar-refractivity contribution in [3.8, 4) is 5.88 Å². The molecule has 3 aromatic carbocycles. The molecule has 0 saturated heterocycles. The zero-order valence-corrected chi connectivity index (χ0v) is 43.5. The summed E-state index contributed by atoms with van der Waals surface area (Å²) in [5, 5.41) is 8.42. The monoisotopic (exact) mass is 1020 g/mol. The number of rotatable bonds is 18. The lowest BCUT2D eigenvalue weighted by Crippen LogP contribution is -2.08. The van der Waals surface area contributed by atoms with Crippen LogP contribution >= 0.6 is 30.8 Å². The Balaban J connectivity index is 0.000000320. The van der Waals surface area contributed by atoms with Gasteiger partial charge in [-0.2, -0.15) is 0 Å². The number of benzene rings is 3. The van der Waals surface area contributed by atoms with E-state index < -0.39 is 20.9 Å². The Bertz CT molecular complexity index is 2420. The minimum Gasteiger partial charge on any atom is -0.475 e. The number of aromatic nitrogens is 3. The number of aldehydes is 1. The number of carbonyl (C=O) groups is 1. The first-order valence-corrected chi connectivity index (χ1v) is 24.6. The van der Waals surface area contributed by atoms with Crippen LogP contribution in [0.1, 0.15) is 52.0 Å². The van der Waals surface area contributed by atoms with Gasteiger partial charge in [0.05, 0.1) is 26.0 Å². The van der Waals surface area contributed by atoms with Gasteiger partial charge in [0.25, 0.3) is 0 Å². The lowest BCUT2D eigenvalue weighted by molar-refractivity contribution is 0.112. The van der Waals surface area contributed by atoms with Gasteiger partial charge < -0.3 is 33.6 Å². The molecule has 0 saturated carbocycles. The molecule has 0 aliphatic rings. The lowest BCUT2D eigenvalue weighted by Gasteiger charge is -2.18. The predicted molar refractivity (Wildman–Crippen MR) is 287 cm³/mol. The molecular formula is C53H65Cl2F2N6O6P. The topological polar surface area (TPSA) is 130 Å². The Morgan fingerprint density at radius 1 is 0.557 bits per heavy atom. The number of anilines is 3. The van der Waals surface area contributed by atoms with Crippen LogP contribution in [0, 0.1) is 0 Å². The minimum absolute atomic E-state index is 0.0421. The third-order valence-electron chi connectivity index (χ3n) is 9.04. The van der Waals surface area contributed by atoms with Gasteiger partial charge in [0, 0.05) is 89.6 Å². The van der Waals surface area contributed by atoms with Gasteiger partial charge in [0.1, 0.15) is 30.3 Å². The van der Waals surface area contributed by atoms with Crippen molar-refractivity contribution in [3.05, 3.63) is 171 Å². The molecule has 0 bridgehead atoms. The molecule has 0 atom stereocenters. The summed E-state index contributed by atoms with van der Waals surface area (Å²) in [5.74, 6) is 0.445. The van der Waals surface area contributed by atoms with Crippen LogP contribution in [0.3, 0.4) is 0 Å². The van der Waals surface area contributed by atoms with Gasteiger partial charge >= 0.3 is 7.60 Å². The Kier molecular flexibility index (Phi) is 29.5. The van der Waals surface area contributed by atoms with E-state index in [0.717, 1.165) is 39.8 Å². The van der Waals surface area contributed by atoms with Gasteiger partial charge in [-0.15, -0.1) is 0 Å². The average Bonchev–Trinajstić information content (AvgIpc) is 3.36. The third-order valence-corrected chi connectivity index (χ3v) is 11.5. The van der Waals surface area contributed by atoms with E-state index in [0.29, 0.717) is 41.1 Å². The van der Waals surface area contributed by atoms with Crippen molar-refractivity contribution >= 4 is 78.5 Å². The van der Waals surface area contributed by atoms with Crippen LogP contribution in [0.25, 0.3) is 24.3 Å². The molecular weight excluding hydrogens is 956 g/mol. The zero-order valence-electron chi connectivity index (χ0n) is 41.1. The molecule has 6 rings (SSSR count). The highest BCUT2D eigenvalue weighted by Gasteiger charge is 2.23. The Labute approximate surface area is 422 Å². The van der Waals surface area contributed by atoms with Crippen LogP contribution in [0.4, 0.5) is 25.8 Å². The number of aliphatic hydroxyl groups is 1. The fraction of sp³-hybridized carbons (Fsp3) is 0.283. The summed E-state index contributed by atoms with van der Waals surface area (Å²) >= 11 is 11.2. The van der Waals surface area contributed by atoms with E-state index in [-0.39, 0.29) is 13.2 Å². The number of ether oxygens (including phenoxy) is 1. The summed E-state index contributed by atoms with van der Waals surface area (Å²) in [6.45, 7) is 2.99. The Morgan fingerprint density at radius 2 is 0.929 bits per heavy atom. The Morgan fingerprint density at radius 3 is 1.26 bits per heavy atom. The summed E-state index contributed by atoms with van der Waals surface area (Å²) in [7, 11) is 9.08. The molecule has 0 amide bonds. The highest BCUT2D eigenvalue weighted by molar-refractivity contribution is 7.53. The van der Waals surface area contributed by atoms with Crippen LogP contribution < -0.4 is 19.4 Å². The van der Waals surface area contributed by atoms with Gasteiger partial charge in [-0.1, -0.05) is 90.0 Å². The summed E-state index contributed by atoms with van der Waals surface area (Å²) in [4.78, 5) is 28.0. The first-order valence-electron chi connectivity index (χ1n) is 22.1. The number of halogens is 4. The molecule has 6 aromatic rings.